The van der Waals surface area contributed by atoms with Crippen LogP contribution in [-0.4, -0.2) is 29.2 Å². The van der Waals surface area contributed by atoms with Gasteiger partial charge in [-0.2, -0.15) is 5.26 Å². The molecule has 0 aromatic carbocycles. The minimum Gasteiger partial charge on any atom is -0.465 e. The first-order chi connectivity index (χ1) is 6.07. The molecule has 0 bridgehead atoms. The smallest absolute Gasteiger partial charge is 0.407 e. The normalized spacial score (nSPS) is 28.2. The van der Waals surface area contributed by atoms with E-state index in [-0.39, 0.29) is 5.41 Å². The number of hydrogen-bond donors (Lipinski definition) is 1. The van der Waals surface area contributed by atoms with Gasteiger partial charge in [0.25, 0.3) is 0 Å². The van der Waals surface area contributed by atoms with Crippen LogP contribution in [0.15, 0.2) is 0 Å². The Morgan fingerprint density at radius 1 is 1.77 bits per heavy atom. The van der Waals surface area contributed by atoms with E-state index in [1.165, 1.54) is 4.90 Å². The molecule has 0 radical (unpaired) electrons. The topological polar surface area (TPSA) is 64.3 Å². The summed E-state index contributed by atoms with van der Waals surface area (Å²) in [6.07, 6.45) is 1.38. The molecule has 0 aliphatic carbocycles. The molecule has 1 unspecified atom stereocenters. The zero-order chi connectivity index (χ0) is 9.90. The Labute approximate surface area is 77.8 Å². The summed E-state index contributed by atoms with van der Waals surface area (Å²) in [5.74, 6) is 0. The van der Waals surface area contributed by atoms with Crippen molar-refractivity contribution in [1.29, 1.82) is 5.26 Å². The molecule has 1 atom stereocenters. The third kappa shape index (κ3) is 2.35. The number of nitriles is 1. The Hall–Kier alpha value is -1.24. The summed E-state index contributed by atoms with van der Waals surface area (Å²) >= 11 is 0. The van der Waals surface area contributed by atoms with Crippen molar-refractivity contribution >= 4 is 6.09 Å². The molecule has 1 aliphatic rings. The van der Waals surface area contributed by atoms with Crippen LogP contribution in [0.5, 0.6) is 0 Å². The molecule has 1 heterocycles. The Balaban J connectivity index is 2.60. The number of piperidine rings is 1. The molecule has 0 saturated carbocycles. The van der Waals surface area contributed by atoms with Crippen LogP contribution in [-0.2, 0) is 0 Å². The van der Waals surface area contributed by atoms with Crippen molar-refractivity contribution in [1.82, 2.24) is 4.90 Å². The molecule has 0 aromatic heterocycles. The minimum absolute atomic E-state index is 0.134. The summed E-state index contributed by atoms with van der Waals surface area (Å²) in [7, 11) is 0. The first-order valence-corrected chi connectivity index (χ1v) is 4.42. The Morgan fingerprint density at radius 2 is 2.46 bits per heavy atom. The summed E-state index contributed by atoms with van der Waals surface area (Å²) in [4.78, 5) is 12.1. The lowest BCUT2D eigenvalue weighted by atomic mass is 9.80. The SMILES string of the molecule is CC1(CC#N)CCCN(C(=O)O)C1. The van der Waals surface area contributed by atoms with Gasteiger partial charge in [-0.3, -0.25) is 0 Å². The lowest BCUT2D eigenvalue weighted by Gasteiger charge is -2.37. The number of rotatable bonds is 1. The quantitative estimate of drug-likeness (QED) is 0.671. The number of carbonyl (C=O) groups is 1. The molecule has 1 N–H and O–H groups in total. The molecular formula is C9H14N2O2. The predicted octanol–water partition coefficient (Wildman–Crippen LogP) is 1.68. The van der Waals surface area contributed by atoms with Gasteiger partial charge in [0.1, 0.15) is 0 Å². The fraction of sp³-hybridized carbons (Fsp3) is 0.778. The average Bonchev–Trinajstić information content (AvgIpc) is 2.04. The maximum absolute atomic E-state index is 10.7. The van der Waals surface area contributed by atoms with Crippen molar-refractivity contribution in [3.05, 3.63) is 0 Å². The van der Waals surface area contributed by atoms with E-state index in [9.17, 15) is 4.79 Å². The van der Waals surface area contributed by atoms with E-state index in [4.69, 9.17) is 10.4 Å². The molecule has 1 fully saturated rings. The van der Waals surface area contributed by atoms with E-state index in [0.717, 1.165) is 12.8 Å². The Morgan fingerprint density at radius 3 is 3.00 bits per heavy atom. The predicted molar refractivity (Wildman–Crippen MR) is 47.2 cm³/mol. The molecule has 4 heteroatoms. The van der Waals surface area contributed by atoms with Crippen LogP contribution in [0.3, 0.4) is 0 Å². The van der Waals surface area contributed by atoms with E-state index >= 15 is 0 Å². The lowest BCUT2D eigenvalue weighted by Crippen LogP contribution is -2.44. The summed E-state index contributed by atoms with van der Waals surface area (Å²) in [5.41, 5.74) is -0.134. The van der Waals surface area contributed by atoms with Crippen LogP contribution < -0.4 is 0 Å². The largest absolute Gasteiger partial charge is 0.465 e. The van der Waals surface area contributed by atoms with Gasteiger partial charge in [0.2, 0.25) is 0 Å². The zero-order valence-corrected chi connectivity index (χ0v) is 7.79. The van der Waals surface area contributed by atoms with Crippen LogP contribution in [0.4, 0.5) is 4.79 Å². The van der Waals surface area contributed by atoms with Gasteiger partial charge in [0.15, 0.2) is 0 Å². The highest BCUT2D eigenvalue weighted by Gasteiger charge is 2.32. The van der Waals surface area contributed by atoms with E-state index in [1.54, 1.807) is 0 Å². The van der Waals surface area contributed by atoms with Crippen LogP contribution >= 0.6 is 0 Å². The molecule has 72 valence electrons. The summed E-state index contributed by atoms with van der Waals surface area (Å²) in [6, 6.07) is 2.12. The highest BCUT2D eigenvalue weighted by molar-refractivity contribution is 5.65. The van der Waals surface area contributed by atoms with Crippen molar-refractivity contribution in [3.63, 3.8) is 0 Å². The summed E-state index contributed by atoms with van der Waals surface area (Å²) in [6.45, 7) is 3.08. The van der Waals surface area contributed by atoms with E-state index < -0.39 is 6.09 Å². The number of carboxylic acid groups (broad SMARTS) is 1. The fourth-order valence-electron chi connectivity index (χ4n) is 1.81. The van der Waals surface area contributed by atoms with Crippen LogP contribution in [0, 0.1) is 16.7 Å². The van der Waals surface area contributed by atoms with E-state index in [1.807, 2.05) is 6.92 Å². The maximum Gasteiger partial charge on any atom is 0.407 e. The van der Waals surface area contributed by atoms with Gasteiger partial charge in [0.05, 0.1) is 6.07 Å². The Bertz CT molecular complexity index is 246. The summed E-state index contributed by atoms with van der Waals surface area (Å²) < 4.78 is 0. The molecule has 1 aliphatic heterocycles. The fourth-order valence-corrected chi connectivity index (χ4v) is 1.81. The van der Waals surface area contributed by atoms with E-state index in [2.05, 4.69) is 6.07 Å². The highest BCUT2D eigenvalue weighted by Crippen LogP contribution is 2.32. The van der Waals surface area contributed by atoms with Gasteiger partial charge in [0, 0.05) is 19.5 Å². The number of amides is 1. The van der Waals surface area contributed by atoms with Crippen LogP contribution in [0.1, 0.15) is 26.2 Å². The maximum atomic E-state index is 10.7. The molecular weight excluding hydrogens is 168 g/mol. The van der Waals surface area contributed by atoms with Gasteiger partial charge in [-0.05, 0) is 18.3 Å². The van der Waals surface area contributed by atoms with Crippen molar-refractivity contribution < 1.29 is 9.90 Å². The van der Waals surface area contributed by atoms with Crippen molar-refractivity contribution in [2.45, 2.75) is 26.2 Å². The molecule has 1 rings (SSSR count). The van der Waals surface area contributed by atoms with Gasteiger partial charge < -0.3 is 10.0 Å². The van der Waals surface area contributed by atoms with Crippen LogP contribution in [0.2, 0.25) is 0 Å². The Kier molecular flexibility index (Phi) is 2.76. The van der Waals surface area contributed by atoms with Crippen molar-refractivity contribution in [2.75, 3.05) is 13.1 Å². The van der Waals surface area contributed by atoms with Gasteiger partial charge in [-0.15, -0.1) is 0 Å². The number of nitrogens with zero attached hydrogens (tertiary/aromatic N) is 2. The zero-order valence-electron chi connectivity index (χ0n) is 7.79. The standard InChI is InChI=1S/C9H14N2O2/c1-9(4-5-10)3-2-6-11(7-9)8(12)13/h2-4,6-7H2,1H3,(H,12,13). The van der Waals surface area contributed by atoms with E-state index in [0.29, 0.717) is 19.5 Å². The van der Waals surface area contributed by atoms with Gasteiger partial charge in [-0.25, -0.2) is 4.79 Å². The molecule has 1 amide bonds. The first kappa shape index (κ1) is 9.85. The van der Waals surface area contributed by atoms with Crippen LogP contribution in [0.25, 0.3) is 0 Å². The molecule has 1 saturated heterocycles. The second-order valence-electron chi connectivity index (χ2n) is 3.95. The molecule has 0 spiro atoms. The van der Waals surface area contributed by atoms with Crippen molar-refractivity contribution in [2.24, 2.45) is 5.41 Å². The number of likely N-dealkylation sites (tertiary alicyclic amines) is 1. The number of hydrogen-bond acceptors (Lipinski definition) is 2. The summed E-state index contributed by atoms with van der Waals surface area (Å²) in [5, 5.41) is 17.4. The monoisotopic (exact) mass is 182 g/mol. The lowest BCUT2D eigenvalue weighted by molar-refractivity contribution is 0.0886. The van der Waals surface area contributed by atoms with Crippen molar-refractivity contribution in [3.8, 4) is 6.07 Å². The second kappa shape index (κ2) is 3.65. The average molecular weight is 182 g/mol. The molecule has 0 aromatic rings. The molecule has 4 nitrogen and oxygen atoms in total. The third-order valence-corrected chi connectivity index (χ3v) is 2.56. The van der Waals surface area contributed by atoms with Gasteiger partial charge in [-0.1, -0.05) is 6.92 Å². The minimum atomic E-state index is -0.871. The highest BCUT2D eigenvalue weighted by atomic mass is 16.4. The third-order valence-electron chi connectivity index (χ3n) is 2.56. The first-order valence-electron chi connectivity index (χ1n) is 4.42. The second-order valence-corrected chi connectivity index (χ2v) is 3.95. The van der Waals surface area contributed by atoms with Gasteiger partial charge >= 0.3 is 6.09 Å². The molecule has 13 heavy (non-hydrogen) atoms.